The molecule has 4 nitrogen and oxygen atoms in total. The number of aromatic nitrogens is 2. The average Bonchev–Trinajstić information content (AvgIpc) is 3.11. The maximum Gasteiger partial charge on any atom is 0.172 e. The molecular formula is C18H19N3OS. The number of thiophene rings is 1. The lowest BCUT2D eigenvalue weighted by molar-refractivity contribution is 0.0342. The molecular weight excluding hydrogens is 306 g/mol. The maximum absolute atomic E-state index is 5.77. The summed E-state index contributed by atoms with van der Waals surface area (Å²) in [6.07, 6.45) is 0.213. The second-order valence-corrected chi connectivity index (χ2v) is 6.96. The molecule has 1 aromatic carbocycles. The molecule has 0 radical (unpaired) electrons. The number of rotatable bonds is 2. The summed E-state index contributed by atoms with van der Waals surface area (Å²) in [6.45, 7) is 5.88. The van der Waals surface area contributed by atoms with Crippen molar-refractivity contribution in [3.63, 3.8) is 0 Å². The minimum Gasteiger partial charge on any atom is -0.375 e. The van der Waals surface area contributed by atoms with Gasteiger partial charge in [0.15, 0.2) is 5.82 Å². The first-order valence-corrected chi connectivity index (χ1v) is 8.79. The lowest BCUT2D eigenvalue weighted by Crippen LogP contribution is -2.48. The molecule has 0 amide bonds. The highest BCUT2D eigenvalue weighted by Crippen LogP contribution is 2.31. The summed E-state index contributed by atoms with van der Waals surface area (Å²) < 4.78 is 5.77. The summed E-state index contributed by atoms with van der Waals surface area (Å²) in [6, 6.07) is 12.7. The van der Waals surface area contributed by atoms with Gasteiger partial charge >= 0.3 is 0 Å². The normalized spacial score (nSPS) is 21.7. The molecule has 0 aliphatic carbocycles. The highest BCUT2D eigenvalue weighted by Gasteiger charge is 2.26. The quantitative estimate of drug-likeness (QED) is 0.714. The van der Waals surface area contributed by atoms with Crippen molar-refractivity contribution in [2.75, 3.05) is 18.1 Å². The fourth-order valence-corrected chi connectivity index (χ4v) is 3.65. The van der Waals surface area contributed by atoms with Crippen molar-refractivity contribution in [3.8, 4) is 10.7 Å². The van der Waals surface area contributed by atoms with Crippen molar-refractivity contribution >= 4 is 28.1 Å². The van der Waals surface area contributed by atoms with Gasteiger partial charge in [0, 0.05) is 11.9 Å². The van der Waals surface area contributed by atoms with Gasteiger partial charge in [0.2, 0.25) is 0 Å². The number of ether oxygens (including phenoxy) is 1. The number of hydrogen-bond donors (Lipinski definition) is 0. The van der Waals surface area contributed by atoms with E-state index in [1.807, 2.05) is 12.1 Å². The zero-order valence-corrected chi connectivity index (χ0v) is 14.1. The van der Waals surface area contributed by atoms with Gasteiger partial charge in [-0.05, 0) is 37.4 Å². The van der Waals surface area contributed by atoms with Crippen LogP contribution in [0.3, 0.4) is 0 Å². The zero-order valence-electron chi connectivity index (χ0n) is 13.3. The average molecular weight is 325 g/mol. The number of para-hydroxylation sites is 1. The van der Waals surface area contributed by atoms with Crippen LogP contribution in [0.1, 0.15) is 13.8 Å². The van der Waals surface area contributed by atoms with E-state index in [1.165, 1.54) is 0 Å². The lowest BCUT2D eigenvalue weighted by Gasteiger charge is -2.38. The van der Waals surface area contributed by atoms with Crippen LogP contribution in [0, 0.1) is 0 Å². The molecule has 4 rings (SSSR count). The van der Waals surface area contributed by atoms with Crippen LogP contribution in [0.2, 0.25) is 0 Å². The van der Waals surface area contributed by atoms with E-state index in [-0.39, 0.29) is 6.10 Å². The Kier molecular flexibility index (Phi) is 3.75. The molecule has 0 saturated carbocycles. The highest BCUT2D eigenvalue weighted by atomic mass is 32.1. The second kappa shape index (κ2) is 5.91. The zero-order chi connectivity index (χ0) is 15.8. The molecule has 23 heavy (non-hydrogen) atoms. The summed E-state index contributed by atoms with van der Waals surface area (Å²) in [5, 5.41) is 3.17. The molecule has 3 aromatic rings. The fourth-order valence-electron chi connectivity index (χ4n) is 2.99. The number of hydrogen-bond acceptors (Lipinski definition) is 5. The number of benzene rings is 1. The molecule has 0 unspecified atom stereocenters. The van der Waals surface area contributed by atoms with Crippen molar-refractivity contribution in [2.45, 2.75) is 26.0 Å². The van der Waals surface area contributed by atoms with Crippen LogP contribution < -0.4 is 4.90 Å². The van der Waals surface area contributed by atoms with E-state index in [4.69, 9.17) is 14.7 Å². The third-order valence-corrected chi connectivity index (χ3v) is 5.07. The Morgan fingerprint density at radius 1 is 1.13 bits per heavy atom. The molecule has 1 aliphatic heterocycles. The van der Waals surface area contributed by atoms with Gasteiger partial charge in [0.1, 0.15) is 5.82 Å². The smallest absolute Gasteiger partial charge is 0.172 e. The van der Waals surface area contributed by atoms with E-state index in [2.05, 4.69) is 48.4 Å². The monoisotopic (exact) mass is 325 g/mol. The maximum atomic E-state index is 5.77. The predicted octanol–water partition coefficient (Wildman–Crippen LogP) is 3.97. The predicted molar refractivity (Wildman–Crippen MR) is 95.1 cm³/mol. The number of anilines is 1. The van der Waals surface area contributed by atoms with Crippen LogP contribution in [-0.4, -0.2) is 35.3 Å². The molecule has 118 valence electrons. The third kappa shape index (κ3) is 2.71. The molecule has 0 bridgehead atoms. The van der Waals surface area contributed by atoms with Gasteiger partial charge in [0.25, 0.3) is 0 Å². The first-order valence-electron chi connectivity index (χ1n) is 7.91. The first kappa shape index (κ1) is 14.6. The summed E-state index contributed by atoms with van der Waals surface area (Å²) in [5.74, 6) is 1.82. The summed E-state index contributed by atoms with van der Waals surface area (Å²) in [4.78, 5) is 13.1. The van der Waals surface area contributed by atoms with Crippen molar-refractivity contribution in [3.05, 3.63) is 41.8 Å². The second-order valence-electron chi connectivity index (χ2n) is 6.01. The standard InChI is InChI=1S/C18H19N3OS/c1-12-11-22-13(2)10-21(12)18-14-6-3-4-7-15(14)19-17(20-18)16-8-5-9-23-16/h3-9,12-13H,10-11H2,1-2H3/t12-,13+/m1/s1. The molecule has 2 aromatic heterocycles. The van der Waals surface area contributed by atoms with Crippen molar-refractivity contribution in [1.82, 2.24) is 9.97 Å². The largest absolute Gasteiger partial charge is 0.375 e. The topological polar surface area (TPSA) is 38.2 Å². The Labute approximate surface area is 139 Å². The molecule has 2 atom stereocenters. The highest BCUT2D eigenvalue weighted by molar-refractivity contribution is 7.13. The minimum absolute atomic E-state index is 0.213. The Hall–Kier alpha value is -1.98. The number of morpholine rings is 1. The van der Waals surface area contributed by atoms with Crippen LogP contribution in [0.4, 0.5) is 5.82 Å². The van der Waals surface area contributed by atoms with Gasteiger partial charge in [-0.1, -0.05) is 18.2 Å². The van der Waals surface area contributed by atoms with Crippen molar-refractivity contribution in [2.24, 2.45) is 0 Å². The Bertz CT molecular complexity index is 818. The molecule has 1 fully saturated rings. The van der Waals surface area contributed by atoms with E-state index in [0.29, 0.717) is 6.04 Å². The van der Waals surface area contributed by atoms with Crippen LogP contribution in [-0.2, 0) is 4.74 Å². The van der Waals surface area contributed by atoms with Crippen LogP contribution in [0.25, 0.3) is 21.6 Å². The van der Waals surface area contributed by atoms with Gasteiger partial charge in [-0.25, -0.2) is 9.97 Å². The first-order chi connectivity index (χ1) is 11.2. The number of fused-ring (bicyclic) bond motifs is 1. The van der Waals surface area contributed by atoms with E-state index in [9.17, 15) is 0 Å². The Balaban J connectivity index is 1.90. The van der Waals surface area contributed by atoms with Crippen LogP contribution >= 0.6 is 11.3 Å². The Morgan fingerprint density at radius 2 is 2.00 bits per heavy atom. The number of nitrogens with zero attached hydrogens (tertiary/aromatic N) is 3. The summed E-state index contributed by atoms with van der Waals surface area (Å²) >= 11 is 1.67. The van der Waals surface area contributed by atoms with Gasteiger partial charge in [-0.3, -0.25) is 0 Å². The van der Waals surface area contributed by atoms with Gasteiger partial charge < -0.3 is 9.64 Å². The van der Waals surface area contributed by atoms with Crippen molar-refractivity contribution < 1.29 is 4.74 Å². The molecule has 0 N–H and O–H groups in total. The fraction of sp³-hybridized carbons (Fsp3) is 0.333. The molecule has 5 heteroatoms. The van der Waals surface area contributed by atoms with Gasteiger partial charge in [-0.15, -0.1) is 11.3 Å². The minimum atomic E-state index is 0.213. The lowest BCUT2D eigenvalue weighted by atomic mass is 10.1. The molecule has 1 saturated heterocycles. The van der Waals surface area contributed by atoms with E-state index >= 15 is 0 Å². The van der Waals surface area contributed by atoms with Gasteiger partial charge in [0.05, 0.1) is 29.1 Å². The molecule has 1 aliphatic rings. The van der Waals surface area contributed by atoms with Crippen LogP contribution in [0.5, 0.6) is 0 Å². The van der Waals surface area contributed by atoms with Crippen molar-refractivity contribution in [1.29, 1.82) is 0 Å². The summed E-state index contributed by atoms with van der Waals surface area (Å²) in [7, 11) is 0. The van der Waals surface area contributed by atoms with Crippen LogP contribution in [0.15, 0.2) is 41.8 Å². The third-order valence-electron chi connectivity index (χ3n) is 4.20. The molecule has 3 heterocycles. The van der Waals surface area contributed by atoms with E-state index < -0.39 is 0 Å². The molecule has 0 spiro atoms. The SMILES string of the molecule is C[C@@H]1CO[C@@H](C)CN1c1nc(-c2cccs2)nc2ccccc12. The summed E-state index contributed by atoms with van der Waals surface area (Å²) in [5.41, 5.74) is 0.993. The van der Waals surface area contributed by atoms with E-state index in [1.54, 1.807) is 11.3 Å². The van der Waals surface area contributed by atoms with Gasteiger partial charge in [-0.2, -0.15) is 0 Å². The Morgan fingerprint density at radius 3 is 2.83 bits per heavy atom. The van der Waals surface area contributed by atoms with E-state index in [0.717, 1.165) is 40.6 Å².